The van der Waals surface area contributed by atoms with Crippen molar-refractivity contribution in [2.24, 2.45) is 5.73 Å². The molecule has 1 amide bonds. The van der Waals surface area contributed by atoms with Gasteiger partial charge in [-0.05, 0) is 37.5 Å². The van der Waals surface area contributed by atoms with Gasteiger partial charge in [-0.2, -0.15) is 0 Å². The van der Waals surface area contributed by atoms with Crippen molar-refractivity contribution in [1.82, 2.24) is 0 Å². The van der Waals surface area contributed by atoms with Crippen molar-refractivity contribution in [2.75, 3.05) is 5.32 Å². The molecule has 3 nitrogen and oxygen atoms in total. The van der Waals surface area contributed by atoms with Crippen molar-refractivity contribution in [3.63, 3.8) is 0 Å². The Hall–Kier alpha value is -0.770. The Morgan fingerprint density at radius 3 is 2.62 bits per heavy atom. The van der Waals surface area contributed by atoms with E-state index < -0.39 is 5.54 Å². The van der Waals surface area contributed by atoms with E-state index in [0.717, 1.165) is 19.3 Å². The Kier molecular flexibility index (Phi) is 3.10. The van der Waals surface area contributed by atoms with Gasteiger partial charge >= 0.3 is 0 Å². The number of nitrogens with one attached hydrogen (secondary N) is 1. The highest BCUT2D eigenvalue weighted by Gasteiger charge is 2.40. The third-order valence-electron chi connectivity index (χ3n) is 2.87. The molecule has 16 heavy (non-hydrogen) atoms. The first-order valence-electron chi connectivity index (χ1n) is 5.07. The van der Waals surface area contributed by atoms with E-state index >= 15 is 0 Å². The Morgan fingerprint density at radius 2 is 2.06 bits per heavy atom. The lowest BCUT2D eigenvalue weighted by Gasteiger charge is -2.36. The first kappa shape index (κ1) is 11.7. The van der Waals surface area contributed by atoms with Crippen LogP contribution in [0.4, 0.5) is 5.69 Å². The second kappa shape index (κ2) is 4.24. The quantitative estimate of drug-likeness (QED) is 0.858. The highest BCUT2D eigenvalue weighted by atomic mass is 35.5. The molecular weight excluding hydrogens is 247 g/mol. The Morgan fingerprint density at radius 1 is 1.38 bits per heavy atom. The lowest BCUT2D eigenvalue weighted by Crippen LogP contribution is -2.56. The van der Waals surface area contributed by atoms with Crippen molar-refractivity contribution < 1.29 is 4.79 Å². The van der Waals surface area contributed by atoms with Crippen LogP contribution in [0.1, 0.15) is 19.3 Å². The van der Waals surface area contributed by atoms with E-state index in [9.17, 15) is 4.79 Å². The van der Waals surface area contributed by atoms with Crippen LogP contribution in [0.2, 0.25) is 10.0 Å². The van der Waals surface area contributed by atoms with Crippen LogP contribution in [0.25, 0.3) is 0 Å². The zero-order valence-electron chi connectivity index (χ0n) is 8.59. The molecule has 0 radical (unpaired) electrons. The van der Waals surface area contributed by atoms with E-state index in [1.807, 2.05) is 0 Å². The molecule has 1 aliphatic rings. The summed E-state index contributed by atoms with van der Waals surface area (Å²) in [7, 11) is 0. The molecule has 1 fully saturated rings. The van der Waals surface area contributed by atoms with E-state index in [0.29, 0.717) is 15.7 Å². The van der Waals surface area contributed by atoms with Crippen molar-refractivity contribution in [1.29, 1.82) is 0 Å². The van der Waals surface area contributed by atoms with Crippen LogP contribution in [0.15, 0.2) is 18.2 Å². The summed E-state index contributed by atoms with van der Waals surface area (Å²) in [5.41, 5.74) is 5.67. The van der Waals surface area contributed by atoms with E-state index in [1.54, 1.807) is 18.2 Å². The number of hydrogen-bond donors (Lipinski definition) is 2. The van der Waals surface area contributed by atoms with E-state index in [2.05, 4.69) is 5.32 Å². The van der Waals surface area contributed by atoms with E-state index in [-0.39, 0.29) is 5.91 Å². The minimum atomic E-state index is -0.731. The molecule has 0 spiro atoms. The topological polar surface area (TPSA) is 55.1 Å². The van der Waals surface area contributed by atoms with Gasteiger partial charge in [0.2, 0.25) is 5.91 Å². The monoisotopic (exact) mass is 258 g/mol. The van der Waals surface area contributed by atoms with Gasteiger partial charge in [0.05, 0.1) is 16.2 Å². The average molecular weight is 259 g/mol. The zero-order chi connectivity index (χ0) is 11.8. The fourth-order valence-corrected chi connectivity index (χ4v) is 1.96. The molecular formula is C11H12Cl2N2O. The standard InChI is InChI=1S/C11H12Cl2N2O/c12-7-2-3-8(13)9(6-7)15-10(16)11(14)4-1-5-11/h2-3,6H,1,4-5,14H2,(H,15,16). The molecule has 5 heteroatoms. The Bertz CT molecular complexity index is 430. The molecule has 1 aromatic rings. The molecule has 0 atom stereocenters. The summed E-state index contributed by atoms with van der Waals surface area (Å²) in [5, 5.41) is 3.70. The number of amides is 1. The van der Waals surface area contributed by atoms with Gasteiger partial charge in [0.1, 0.15) is 0 Å². The normalized spacial score (nSPS) is 17.7. The highest BCUT2D eigenvalue weighted by molar-refractivity contribution is 6.35. The SMILES string of the molecule is NC1(C(=O)Nc2cc(Cl)ccc2Cl)CCC1. The summed E-state index contributed by atoms with van der Waals surface area (Å²) < 4.78 is 0. The smallest absolute Gasteiger partial charge is 0.244 e. The molecule has 3 N–H and O–H groups in total. The average Bonchev–Trinajstić information content (AvgIpc) is 2.20. The second-order valence-corrected chi connectivity index (χ2v) is 4.93. The number of hydrogen-bond acceptors (Lipinski definition) is 2. The number of nitrogens with two attached hydrogens (primary N) is 1. The third-order valence-corrected chi connectivity index (χ3v) is 3.44. The molecule has 86 valence electrons. The van der Waals surface area contributed by atoms with Crippen LogP contribution in [0.5, 0.6) is 0 Å². The minimum Gasteiger partial charge on any atom is -0.323 e. The summed E-state index contributed by atoms with van der Waals surface area (Å²) in [6.45, 7) is 0. The second-order valence-electron chi connectivity index (χ2n) is 4.09. The van der Waals surface area contributed by atoms with Gasteiger partial charge in [-0.3, -0.25) is 4.79 Å². The molecule has 0 heterocycles. The molecule has 2 rings (SSSR count). The lowest BCUT2D eigenvalue weighted by molar-refractivity contribution is -0.123. The van der Waals surface area contributed by atoms with E-state index in [1.165, 1.54) is 0 Å². The summed E-state index contributed by atoms with van der Waals surface area (Å²) in [5.74, 6) is -0.192. The molecule has 1 aliphatic carbocycles. The van der Waals surface area contributed by atoms with Crippen LogP contribution in [-0.4, -0.2) is 11.4 Å². The number of carbonyl (C=O) groups excluding carboxylic acids is 1. The first-order valence-corrected chi connectivity index (χ1v) is 5.82. The molecule has 0 saturated heterocycles. The maximum atomic E-state index is 11.8. The van der Waals surface area contributed by atoms with Gasteiger partial charge in [0.15, 0.2) is 0 Å². The van der Waals surface area contributed by atoms with Gasteiger partial charge in [-0.25, -0.2) is 0 Å². The summed E-state index contributed by atoms with van der Waals surface area (Å²) in [4.78, 5) is 11.8. The van der Waals surface area contributed by atoms with Crippen LogP contribution in [0.3, 0.4) is 0 Å². The maximum absolute atomic E-state index is 11.8. The first-order chi connectivity index (χ1) is 7.51. The highest BCUT2D eigenvalue weighted by Crippen LogP contribution is 2.32. The van der Waals surface area contributed by atoms with Crippen LogP contribution in [-0.2, 0) is 4.79 Å². The Balaban J connectivity index is 2.14. The molecule has 0 aliphatic heterocycles. The van der Waals surface area contributed by atoms with Gasteiger partial charge in [0.25, 0.3) is 0 Å². The number of halogens is 2. The molecule has 1 saturated carbocycles. The fraction of sp³-hybridized carbons (Fsp3) is 0.364. The van der Waals surface area contributed by atoms with Crippen molar-refractivity contribution in [3.8, 4) is 0 Å². The van der Waals surface area contributed by atoms with Crippen LogP contribution < -0.4 is 11.1 Å². The number of benzene rings is 1. The molecule has 1 aromatic carbocycles. The largest absolute Gasteiger partial charge is 0.323 e. The summed E-state index contributed by atoms with van der Waals surface area (Å²) in [6.07, 6.45) is 2.43. The number of anilines is 1. The minimum absolute atomic E-state index is 0.192. The maximum Gasteiger partial charge on any atom is 0.244 e. The summed E-state index contributed by atoms with van der Waals surface area (Å²) >= 11 is 11.8. The zero-order valence-corrected chi connectivity index (χ0v) is 10.1. The molecule has 0 unspecified atom stereocenters. The molecule has 0 aromatic heterocycles. The predicted octanol–water partition coefficient (Wildman–Crippen LogP) is 2.81. The van der Waals surface area contributed by atoms with E-state index in [4.69, 9.17) is 28.9 Å². The van der Waals surface area contributed by atoms with Gasteiger partial charge in [-0.15, -0.1) is 0 Å². The fourth-order valence-electron chi connectivity index (χ4n) is 1.62. The van der Waals surface area contributed by atoms with Crippen molar-refractivity contribution in [3.05, 3.63) is 28.2 Å². The number of carbonyl (C=O) groups is 1. The summed E-state index contributed by atoms with van der Waals surface area (Å²) in [6, 6.07) is 4.92. The number of rotatable bonds is 2. The van der Waals surface area contributed by atoms with Gasteiger partial charge < -0.3 is 11.1 Å². The van der Waals surface area contributed by atoms with Crippen molar-refractivity contribution in [2.45, 2.75) is 24.8 Å². The lowest BCUT2D eigenvalue weighted by atomic mass is 9.77. The third kappa shape index (κ3) is 2.17. The Labute approximate surface area is 104 Å². The van der Waals surface area contributed by atoms with Gasteiger partial charge in [0, 0.05) is 5.02 Å². The van der Waals surface area contributed by atoms with Crippen LogP contribution in [0, 0.1) is 0 Å². The predicted molar refractivity (Wildman–Crippen MR) is 65.9 cm³/mol. The van der Waals surface area contributed by atoms with Gasteiger partial charge in [-0.1, -0.05) is 23.2 Å². The van der Waals surface area contributed by atoms with Crippen LogP contribution >= 0.6 is 23.2 Å². The molecule has 0 bridgehead atoms. The van der Waals surface area contributed by atoms with Crippen molar-refractivity contribution >= 4 is 34.8 Å².